The van der Waals surface area contributed by atoms with E-state index in [4.69, 9.17) is 15.2 Å². The first-order chi connectivity index (χ1) is 10.2. The summed E-state index contributed by atoms with van der Waals surface area (Å²) in [6.45, 7) is 2.35. The van der Waals surface area contributed by atoms with Gasteiger partial charge in [0.05, 0.1) is 13.2 Å². The molecule has 2 aromatic heterocycles. The number of nitrogen functional groups attached to an aromatic ring is 1. The average molecular weight is 293 g/mol. The maximum absolute atomic E-state index is 5.77. The fraction of sp³-hybridized carbons (Fsp3) is 0.500. The summed E-state index contributed by atoms with van der Waals surface area (Å²) in [6.07, 6.45) is 3.39. The van der Waals surface area contributed by atoms with E-state index in [9.17, 15) is 0 Å². The van der Waals surface area contributed by atoms with Gasteiger partial charge in [-0.1, -0.05) is 0 Å². The highest BCUT2D eigenvalue weighted by molar-refractivity contribution is 5.37. The van der Waals surface area contributed by atoms with Crippen molar-refractivity contribution in [2.75, 3.05) is 51.2 Å². The van der Waals surface area contributed by atoms with Gasteiger partial charge in [-0.05, 0) is 6.07 Å². The summed E-state index contributed by atoms with van der Waals surface area (Å²) in [5.41, 5.74) is 5.77. The van der Waals surface area contributed by atoms with Gasteiger partial charge in [-0.25, -0.2) is 4.68 Å². The molecule has 0 atom stereocenters. The smallest absolute Gasteiger partial charge is 0.257 e. The number of nitrogens with zero attached hydrogens (tertiary/aromatic N) is 6. The van der Waals surface area contributed by atoms with Crippen LogP contribution < -0.4 is 10.6 Å². The Kier molecular flexibility index (Phi) is 5.41. The summed E-state index contributed by atoms with van der Waals surface area (Å²) < 4.78 is 11.7. The summed E-state index contributed by atoms with van der Waals surface area (Å²) in [4.78, 5) is 14.6. The van der Waals surface area contributed by atoms with Gasteiger partial charge in [-0.15, -0.1) is 0 Å². The Bertz CT molecular complexity index is 539. The second kappa shape index (κ2) is 7.50. The third-order valence-corrected chi connectivity index (χ3v) is 2.75. The van der Waals surface area contributed by atoms with Gasteiger partial charge in [0.15, 0.2) is 0 Å². The maximum atomic E-state index is 5.77. The van der Waals surface area contributed by atoms with E-state index in [0.717, 1.165) is 0 Å². The van der Waals surface area contributed by atoms with Gasteiger partial charge in [-0.2, -0.15) is 20.1 Å². The second-order valence-electron chi connectivity index (χ2n) is 4.22. The molecular weight excluding hydrogens is 274 g/mol. The van der Waals surface area contributed by atoms with Gasteiger partial charge in [-0.3, -0.25) is 0 Å². The van der Waals surface area contributed by atoms with Crippen LogP contribution in [0.3, 0.4) is 0 Å². The van der Waals surface area contributed by atoms with Crippen molar-refractivity contribution in [3.05, 3.63) is 18.5 Å². The predicted octanol–water partition coefficient (Wildman–Crippen LogP) is -0.261. The van der Waals surface area contributed by atoms with Crippen LogP contribution in [0.25, 0.3) is 5.95 Å². The van der Waals surface area contributed by atoms with Crippen LogP contribution >= 0.6 is 0 Å². The summed E-state index contributed by atoms with van der Waals surface area (Å²) in [6, 6.07) is 1.78. The second-order valence-corrected chi connectivity index (χ2v) is 4.22. The zero-order valence-electron chi connectivity index (χ0n) is 12.1. The van der Waals surface area contributed by atoms with Crippen molar-refractivity contribution in [3.8, 4) is 5.95 Å². The van der Waals surface area contributed by atoms with E-state index >= 15 is 0 Å². The van der Waals surface area contributed by atoms with Crippen molar-refractivity contribution < 1.29 is 9.47 Å². The molecule has 0 spiro atoms. The zero-order valence-corrected chi connectivity index (χ0v) is 12.1. The molecule has 114 valence electrons. The quantitative estimate of drug-likeness (QED) is 0.710. The molecule has 0 amide bonds. The predicted molar refractivity (Wildman–Crippen MR) is 77.3 cm³/mol. The third-order valence-electron chi connectivity index (χ3n) is 2.75. The normalized spacial score (nSPS) is 10.8. The molecule has 2 aromatic rings. The lowest BCUT2D eigenvalue weighted by Gasteiger charge is -2.22. The van der Waals surface area contributed by atoms with Crippen LogP contribution in [0.4, 0.5) is 11.9 Å². The molecule has 0 radical (unpaired) electrons. The number of hydrogen-bond donors (Lipinski definition) is 1. The Morgan fingerprint density at radius 2 is 1.86 bits per heavy atom. The number of ether oxygens (including phenoxy) is 2. The first-order valence-electron chi connectivity index (χ1n) is 6.49. The van der Waals surface area contributed by atoms with Crippen molar-refractivity contribution in [2.24, 2.45) is 0 Å². The van der Waals surface area contributed by atoms with E-state index in [2.05, 4.69) is 20.1 Å². The summed E-state index contributed by atoms with van der Waals surface area (Å²) in [5, 5.41) is 4.09. The van der Waals surface area contributed by atoms with Gasteiger partial charge >= 0.3 is 0 Å². The molecule has 21 heavy (non-hydrogen) atoms. The van der Waals surface area contributed by atoms with Crippen molar-refractivity contribution in [1.29, 1.82) is 0 Å². The van der Waals surface area contributed by atoms with Crippen LogP contribution in [-0.4, -0.2) is 65.3 Å². The Hall–Kier alpha value is -2.26. The number of rotatable bonds is 8. The van der Waals surface area contributed by atoms with Crippen molar-refractivity contribution in [2.45, 2.75) is 0 Å². The van der Waals surface area contributed by atoms with E-state index in [1.165, 1.54) is 4.68 Å². The minimum absolute atomic E-state index is 0.144. The molecule has 0 unspecified atom stereocenters. The first kappa shape index (κ1) is 15.1. The molecular formula is C12H19N7O2. The van der Waals surface area contributed by atoms with Crippen LogP contribution in [-0.2, 0) is 9.47 Å². The maximum Gasteiger partial charge on any atom is 0.257 e. The highest BCUT2D eigenvalue weighted by Crippen LogP contribution is 2.11. The molecule has 0 fully saturated rings. The van der Waals surface area contributed by atoms with Gasteiger partial charge in [0.2, 0.25) is 11.9 Å². The van der Waals surface area contributed by atoms with Crippen LogP contribution in [0.2, 0.25) is 0 Å². The molecule has 0 aliphatic rings. The fourth-order valence-corrected chi connectivity index (χ4v) is 1.72. The summed E-state index contributed by atoms with van der Waals surface area (Å²) in [7, 11) is 3.29. The molecule has 0 aromatic carbocycles. The SMILES string of the molecule is COCCN(CCOC)c1nc(N)nc(-n2cccn2)n1. The Morgan fingerprint density at radius 1 is 1.14 bits per heavy atom. The van der Waals surface area contributed by atoms with Crippen molar-refractivity contribution >= 4 is 11.9 Å². The number of hydrogen-bond acceptors (Lipinski definition) is 8. The molecule has 0 bridgehead atoms. The molecule has 2 N–H and O–H groups in total. The van der Waals surface area contributed by atoms with Crippen LogP contribution in [0, 0.1) is 0 Å². The lowest BCUT2D eigenvalue weighted by atomic mass is 10.5. The van der Waals surface area contributed by atoms with E-state index in [1.54, 1.807) is 32.7 Å². The standard InChI is InChI=1S/C12H19N7O2/c1-20-8-6-18(7-9-21-2)11-15-10(13)16-12(17-11)19-5-3-4-14-19/h3-5H,6-9H2,1-2H3,(H2,13,15,16,17). The molecule has 2 rings (SSSR count). The zero-order chi connectivity index (χ0) is 15.1. The fourth-order valence-electron chi connectivity index (χ4n) is 1.72. The molecule has 0 saturated heterocycles. The summed E-state index contributed by atoms with van der Waals surface area (Å²) >= 11 is 0. The summed E-state index contributed by atoms with van der Waals surface area (Å²) in [5.74, 6) is 0.995. The Labute approximate surface area is 122 Å². The van der Waals surface area contributed by atoms with Crippen LogP contribution in [0.1, 0.15) is 0 Å². The lowest BCUT2D eigenvalue weighted by molar-refractivity contribution is 0.189. The molecule has 0 aliphatic heterocycles. The minimum atomic E-state index is 0.144. The van der Waals surface area contributed by atoms with Gasteiger partial charge in [0, 0.05) is 39.7 Å². The van der Waals surface area contributed by atoms with E-state index in [-0.39, 0.29) is 5.95 Å². The van der Waals surface area contributed by atoms with E-state index in [0.29, 0.717) is 38.2 Å². The Morgan fingerprint density at radius 3 is 2.43 bits per heavy atom. The highest BCUT2D eigenvalue weighted by Gasteiger charge is 2.13. The molecule has 9 nitrogen and oxygen atoms in total. The minimum Gasteiger partial charge on any atom is -0.383 e. The van der Waals surface area contributed by atoms with Crippen LogP contribution in [0.5, 0.6) is 0 Å². The van der Waals surface area contributed by atoms with Crippen molar-refractivity contribution in [3.63, 3.8) is 0 Å². The molecule has 0 aliphatic carbocycles. The number of aromatic nitrogens is 5. The molecule has 9 heteroatoms. The number of methoxy groups -OCH3 is 2. The van der Waals surface area contributed by atoms with Gasteiger partial charge in [0.1, 0.15) is 0 Å². The number of nitrogens with two attached hydrogens (primary N) is 1. The largest absolute Gasteiger partial charge is 0.383 e. The third kappa shape index (κ3) is 4.10. The van der Waals surface area contributed by atoms with Gasteiger partial charge in [0.25, 0.3) is 5.95 Å². The molecule has 2 heterocycles. The number of anilines is 2. The topological polar surface area (TPSA) is 104 Å². The average Bonchev–Trinajstić information content (AvgIpc) is 3.01. The highest BCUT2D eigenvalue weighted by atomic mass is 16.5. The van der Waals surface area contributed by atoms with E-state index < -0.39 is 0 Å². The molecule has 0 saturated carbocycles. The first-order valence-corrected chi connectivity index (χ1v) is 6.49. The van der Waals surface area contributed by atoms with Crippen molar-refractivity contribution in [1.82, 2.24) is 24.7 Å². The van der Waals surface area contributed by atoms with E-state index in [1.807, 2.05) is 4.90 Å². The van der Waals surface area contributed by atoms with Gasteiger partial charge < -0.3 is 20.1 Å². The van der Waals surface area contributed by atoms with Crippen LogP contribution in [0.15, 0.2) is 18.5 Å². The lowest BCUT2D eigenvalue weighted by Crippen LogP contribution is -2.32. The monoisotopic (exact) mass is 293 g/mol. The Balaban J connectivity index is 2.26.